The predicted molar refractivity (Wildman–Crippen MR) is 80.0 cm³/mol. The van der Waals surface area contributed by atoms with E-state index in [-0.39, 0.29) is 12.5 Å². The van der Waals surface area contributed by atoms with E-state index < -0.39 is 0 Å². The summed E-state index contributed by atoms with van der Waals surface area (Å²) < 4.78 is 8.23. The van der Waals surface area contributed by atoms with Gasteiger partial charge in [0.15, 0.2) is 6.61 Å². The van der Waals surface area contributed by atoms with E-state index in [1.807, 2.05) is 36.9 Å². The number of hydrogen-bond donors (Lipinski definition) is 0. The van der Waals surface area contributed by atoms with E-state index in [4.69, 9.17) is 4.74 Å². The van der Waals surface area contributed by atoms with Gasteiger partial charge in [-0.15, -0.1) is 0 Å². The number of fused-ring (bicyclic) bond motifs is 1. The van der Waals surface area contributed by atoms with Crippen molar-refractivity contribution in [1.82, 2.24) is 9.78 Å². The molecule has 2 heterocycles. The molecule has 0 spiro atoms. The first-order valence-electron chi connectivity index (χ1n) is 6.22. The van der Waals surface area contributed by atoms with Crippen LogP contribution in [0.3, 0.4) is 0 Å². The largest absolute Gasteiger partial charge is 0.482 e. The third kappa shape index (κ3) is 1.91. The van der Waals surface area contributed by atoms with Gasteiger partial charge in [0.2, 0.25) is 0 Å². The summed E-state index contributed by atoms with van der Waals surface area (Å²) in [5, 5.41) is 4.39. The molecular weight excluding hydrogens is 322 g/mol. The number of nitrogens with zero attached hydrogens (tertiary/aromatic N) is 3. The van der Waals surface area contributed by atoms with Crippen LogP contribution in [0.2, 0.25) is 0 Å². The first kappa shape index (κ1) is 13.2. The Hall–Kier alpha value is -1.82. The normalized spacial score (nSPS) is 14.2. The van der Waals surface area contributed by atoms with Crippen LogP contribution in [0.1, 0.15) is 5.69 Å². The molecule has 5 nitrogen and oxygen atoms in total. The first-order chi connectivity index (χ1) is 9.49. The monoisotopic (exact) mass is 335 g/mol. The lowest BCUT2D eigenvalue weighted by atomic mass is 10.1. The van der Waals surface area contributed by atoms with E-state index in [1.54, 1.807) is 11.9 Å². The second-order valence-corrected chi connectivity index (χ2v) is 5.59. The lowest BCUT2D eigenvalue weighted by Gasteiger charge is -2.26. The summed E-state index contributed by atoms with van der Waals surface area (Å²) in [6.07, 6.45) is 0. The summed E-state index contributed by atoms with van der Waals surface area (Å²) in [6.45, 7) is 2.04. The van der Waals surface area contributed by atoms with Crippen molar-refractivity contribution >= 4 is 27.5 Å². The van der Waals surface area contributed by atoms with Gasteiger partial charge in [-0.05, 0) is 41.1 Å². The van der Waals surface area contributed by atoms with Gasteiger partial charge in [-0.2, -0.15) is 5.10 Å². The van der Waals surface area contributed by atoms with Gasteiger partial charge in [0.1, 0.15) is 5.75 Å². The summed E-state index contributed by atoms with van der Waals surface area (Å²) in [5.41, 5.74) is 3.69. The quantitative estimate of drug-likeness (QED) is 0.804. The van der Waals surface area contributed by atoms with E-state index in [9.17, 15) is 4.79 Å². The standard InChI is InChI=1S/C14H14BrN3O2/c1-8-13(15)14(18(3)16-8)9-4-5-11-10(6-9)17(2)12(19)7-20-11/h4-6H,7H2,1-3H3. The van der Waals surface area contributed by atoms with Crippen molar-refractivity contribution in [3.8, 4) is 17.0 Å². The topological polar surface area (TPSA) is 47.4 Å². The molecule has 2 aromatic rings. The Morgan fingerprint density at radius 2 is 2.10 bits per heavy atom. The molecule has 1 amide bonds. The number of aromatic nitrogens is 2. The van der Waals surface area contributed by atoms with Gasteiger partial charge in [0.05, 0.1) is 21.5 Å². The van der Waals surface area contributed by atoms with E-state index in [0.717, 1.165) is 32.9 Å². The number of rotatable bonds is 1. The fourth-order valence-electron chi connectivity index (χ4n) is 2.37. The molecule has 20 heavy (non-hydrogen) atoms. The second kappa shape index (κ2) is 4.63. The Labute approximate surface area is 125 Å². The number of aryl methyl sites for hydroxylation is 2. The highest BCUT2D eigenvalue weighted by Crippen LogP contribution is 2.37. The Morgan fingerprint density at radius 3 is 2.75 bits per heavy atom. The molecule has 0 unspecified atom stereocenters. The van der Waals surface area contributed by atoms with E-state index in [0.29, 0.717) is 0 Å². The molecule has 0 saturated heterocycles. The van der Waals surface area contributed by atoms with Crippen molar-refractivity contribution in [2.75, 3.05) is 18.6 Å². The number of ether oxygens (including phenoxy) is 1. The molecule has 0 bridgehead atoms. The maximum atomic E-state index is 11.7. The molecule has 104 valence electrons. The van der Waals surface area contributed by atoms with E-state index in [2.05, 4.69) is 21.0 Å². The molecule has 0 atom stereocenters. The van der Waals surface area contributed by atoms with Gasteiger partial charge < -0.3 is 9.64 Å². The third-order valence-corrected chi connectivity index (χ3v) is 4.42. The number of benzene rings is 1. The number of amides is 1. The van der Waals surface area contributed by atoms with Crippen LogP contribution in [0.25, 0.3) is 11.3 Å². The van der Waals surface area contributed by atoms with Crippen molar-refractivity contribution in [3.05, 3.63) is 28.4 Å². The minimum Gasteiger partial charge on any atom is -0.482 e. The fourth-order valence-corrected chi connectivity index (χ4v) is 2.93. The summed E-state index contributed by atoms with van der Waals surface area (Å²) in [6, 6.07) is 5.82. The summed E-state index contributed by atoms with van der Waals surface area (Å²) >= 11 is 3.57. The highest BCUT2D eigenvalue weighted by molar-refractivity contribution is 9.10. The first-order valence-corrected chi connectivity index (χ1v) is 7.01. The van der Waals surface area contributed by atoms with Crippen LogP contribution >= 0.6 is 15.9 Å². The SMILES string of the molecule is Cc1nn(C)c(-c2ccc3c(c2)N(C)C(=O)CO3)c1Br. The number of carbonyl (C=O) groups is 1. The zero-order valence-electron chi connectivity index (χ0n) is 11.5. The Morgan fingerprint density at radius 1 is 1.35 bits per heavy atom. The molecule has 6 heteroatoms. The molecule has 1 aliphatic rings. The molecule has 1 aromatic heterocycles. The number of hydrogen-bond acceptors (Lipinski definition) is 3. The molecule has 1 aromatic carbocycles. The number of carbonyl (C=O) groups excluding carboxylic acids is 1. The van der Waals surface area contributed by atoms with Crippen molar-refractivity contribution in [3.63, 3.8) is 0 Å². The third-order valence-electron chi connectivity index (χ3n) is 3.47. The molecule has 1 aliphatic heterocycles. The van der Waals surface area contributed by atoms with Gasteiger partial charge >= 0.3 is 0 Å². The van der Waals surface area contributed by atoms with Crippen LogP contribution in [0.5, 0.6) is 5.75 Å². The average Bonchev–Trinajstić information content (AvgIpc) is 2.68. The molecule has 0 N–H and O–H groups in total. The zero-order chi connectivity index (χ0) is 14.4. The van der Waals surface area contributed by atoms with E-state index >= 15 is 0 Å². The molecule has 0 fully saturated rings. The zero-order valence-corrected chi connectivity index (χ0v) is 13.1. The van der Waals surface area contributed by atoms with Crippen LogP contribution in [-0.4, -0.2) is 29.3 Å². The molecule has 0 radical (unpaired) electrons. The lowest BCUT2D eigenvalue weighted by Crippen LogP contribution is -2.35. The summed E-state index contributed by atoms with van der Waals surface area (Å²) in [4.78, 5) is 13.3. The van der Waals surface area contributed by atoms with E-state index in [1.165, 1.54) is 0 Å². The number of anilines is 1. The molecule has 0 aliphatic carbocycles. The van der Waals surface area contributed by atoms with Gasteiger partial charge in [0, 0.05) is 19.7 Å². The maximum absolute atomic E-state index is 11.7. The Bertz CT molecular complexity index is 709. The Kier molecular flexibility index (Phi) is 3.05. The highest BCUT2D eigenvalue weighted by atomic mass is 79.9. The molecular formula is C14H14BrN3O2. The average molecular weight is 336 g/mol. The molecule has 3 rings (SSSR count). The van der Waals surface area contributed by atoms with Crippen molar-refractivity contribution in [1.29, 1.82) is 0 Å². The lowest BCUT2D eigenvalue weighted by molar-refractivity contribution is -0.120. The molecule has 0 saturated carbocycles. The fraction of sp³-hybridized carbons (Fsp3) is 0.286. The Balaban J connectivity index is 2.15. The van der Waals surface area contributed by atoms with Crippen LogP contribution in [0.15, 0.2) is 22.7 Å². The minimum atomic E-state index is -0.0464. The highest BCUT2D eigenvalue weighted by Gasteiger charge is 2.23. The second-order valence-electron chi connectivity index (χ2n) is 4.80. The van der Waals surface area contributed by atoms with Gasteiger partial charge in [-0.25, -0.2) is 0 Å². The van der Waals surface area contributed by atoms with Gasteiger partial charge in [0.25, 0.3) is 5.91 Å². The van der Waals surface area contributed by atoms with Crippen LogP contribution in [0, 0.1) is 6.92 Å². The van der Waals surface area contributed by atoms with Crippen molar-refractivity contribution in [2.45, 2.75) is 6.92 Å². The number of halogens is 1. The van der Waals surface area contributed by atoms with Crippen molar-refractivity contribution in [2.24, 2.45) is 7.05 Å². The smallest absolute Gasteiger partial charge is 0.264 e. The van der Waals surface area contributed by atoms with Crippen LogP contribution in [0.4, 0.5) is 5.69 Å². The van der Waals surface area contributed by atoms with Gasteiger partial charge in [-0.1, -0.05) is 0 Å². The number of likely N-dealkylation sites (N-methyl/N-ethyl adjacent to an activating group) is 1. The maximum Gasteiger partial charge on any atom is 0.264 e. The summed E-state index contributed by atoms with van der Waals surface area (Å²) in [5.74, 6) is 0.681. The predicted octanol–water partition coefficient (Wildman–Crippen LogP) is 2.51. The van der Waals surface area contributed by atoms with Crippen LogP contribution in [-0.2, 0) is 11.8 Å². The van der Waals surface area contributed by atoms with Crippen LogP contribution < -0.4 is 9.64 Å². The summed E-state index contributed by atoms with van der Waals surface area (Å²) in [7, 11) is 3.66. The van der Waals surface area contributed by atoms with Crippen molar-refractivity contribution < 1.29 is 9.53 Å². The van der Waals surface area contributed by atoms with Gasteiger partial charge in [-0.3, -0.25) is 9.48 Å². The minimum absolute atomic E-state index is 0.0464.